The predicted octanol–water partition coefficient (Wildman–Crippen LogP) is 14.2. The fourth-order valence-electron chi connectivity index (χ4n) is 5.95. The molecule has 0 saturated heterocycles. The van der Waals surface area contributed by atoms with Gasteiger partial charge in [-0.05, 0) is 90.3 Å². The summed E-state index contributed by atoms with van der Waals surface area (Å²) in [5.74, 6) is 7.56. The van der Waals surface area contributed by atoms with Crippen LogP contribution >= 0.6 is 0 Å². The normalized spacial score (nSPS) is 12.7. The van der Waals surface area contributed by atoms with Gasteiger partial charge >= 0.3 is 0 Å². The van der Waals surface area contributed by atoms with Crippen molar-refractivity contribution in [2.45, 2.75) is 201 Å². The van der Waals surface area contributed by atoms with E-state index in [1.165, 1.54) is 174 Å². The predicted molar refractivity (Wildman–Crippen MR) is 202 cm³/mol. The zero-order valence-corrected chi connectivity index (χ0v) is 30.7. The maximum atomic E-state index is 3.30. The van der Waals surface area contributed by atoms with Crippen LogP contribution in [0.25, 0.3) is 0 Å². The Hall–Kier alpha value is -1.26. The summed E-state index contributed by atoms with van der Waals surface area (Å²) in [6.07, 6.45) is 51.8. The fraction of sp³-hybridized carbons (Fsp3) is 0.814. The number of hydrogen-bond acceptors (Lipinski definition) is 1. The molecule has 0 amide bonds. The molecule has 44 heavy (non-hydrogen) atoms. The highest BCUT2D eigenvalue weighted by Crippen LogP contribution is 2.23. The minimum absolute atomic E-state index is 0.942. The largest absolute Gasteiger partial charge is 0.307 e. The molecular weight excluding hydrogens is 530 g/mol. The SMILES string of the molecule is CCCCCC#CC/C=C\CCCCCCCCCC(CCCCCCC/C=C\C/C=C\CCCCC)CCCN(C)CC. The van der Waals surface area contributed by atoms with E-state index in [4.69, 9.17) is 0 Å². The molecule has 0 fully saturated rings. The summed E-state index contributed by atoms with van der Waals surface area (Å²) in [7, 11) is 2.27. The molecule has 0 heterocycles. The summed E-state index contributed by atoms with van der Waals surface area (Å²) >= 11 is 0. The molecule has 0 aromatic rings. The fourth-order valence-corrected chi connectivity index (χ4v) is 5.95. The molecule has 0 aliphatic heterocycles. The second-order valence-corrected chi connectivity index (χ2v) is 13.5. The molecule has 1 nitrogen and oxygen atoms in total. The van der Waals surface area contributed by atoms with Gasteiger partial charge in [-0.3, -0.25) is 0 Å². The molecule has 0 aromatic carbocycles. The Kier molecular flexibility index (Phi) is 36.8. The minimum atomic E-state index is 0.942. The highest BCUT2D eigenvalue weighted by atomic mass is 15.1. The van der Waals surface area contributed by atoms with E-state index in [0.717, 1.165) is 25.2 Å². The molecule has 0 N–H and O–H groups in total. The van der Waals surface area contributed by atoms with Crippen LogP contribution in [0.5, 0.6) is 0 Å². The highest BCUT2D eigenvalue weighted by Gasteiger charge is 2.09. The van der Waals surface area contributed by atoms with Crippen LogP contribution < -0.4 is 0 Å². The van der Waals surface area contributed by atoms with E-state index in [9.17, 15) is 0 Å². The Morgan fingerprint density at radius 2 is 0.955 bits per heavy atom. The molecule has 1 unspecified atom stereocenters. The Labute approximate surface area is 279 Å². The van der Waals surface area contributed by atoms with Gasteiger partial charge in [0, 0.05) is 12.8 Å². The van der Waals surface area contributed by atoms with Gasteiger partial charge in [0.2, 0.25) is 0 Å². The van der Waals surface area contributed by atoms with Crippen LogP contribution in [0.15, 0.2) is 36.5 Å². The summed E-state index contributed by atoms with van der Waals surface area (Å²) in [4.78, 5) is 2.48. The lowest BCUT2D eigenvalue weighted by atomic mass is 9.90. The van der Waals surface area contributed by atoms with Gasteiger partial charge in [-0.25, -0.2) is 0 Å². The number of rotatable bonds is 33. The second kappa shape index (κ2) is 37.9. The van der Waals surface area contributed by atoms with Gasteiger partial charge in [0.15, 0.2) is 0 Å². The van der Waals surface area contributed by atoms with Crippen LogP contribution in [0.1, 0.15) is 201 Å². The summed E-state index contributed by atoms with van der Waals surface area (Å²) in [5.41, 5.74) is 0. The van der Waals surface area contributed by atoms with E-state index in [0.29, 0.717) is 0 Å². The van der Waals surface area contributed by atoms with Crippen molar-refractivity contribution in [3.05, 3.63) is 36.5 Å². The van der Waals surface area contributed by atoms with Crippen molar-refractivity contribution in [2.24, 2.45) is 5.92 Å². The lowest BCUT2D eigenvalue weighted by molar-refractivity contribution is 0.308. The maximum Gasteiger partial charge on any atom is 0.0269 e. The maximum absolute atomic E-state index is 3.30. The van der Waals surface area contributed by atoms with Gasteiger partial charge in [-0.1, -0.05) is 166 Å². The summed E-state index contributed by atoms with van der Waals surface area (Å²) in [5, 5.41) is 0. The van der Waals surface area contributed by atoms with Gasteiger partial charge in [0.1, 0.15) is 0 Å². The molecule has 0 aliphatic rings. The van der Waals surface area contributed by atoms with E-state index in [-0.39, 0.29) is 0 Å². The van der Waals surface area contributed by atoms with E-state index in [1.54, 1.807) is 0 Å². The zero-order chi connectivity index (χ0) is 32.0. The monoisotopic (exact) mass is 610 g/mol. The highest BCUT2D eigenvalue weighted by molar-refractivity contribution is 5.04. The molecule has 1 atom stereocenters. The first-order valence-corrected chi connectivity index (χ1v) is 19.8. The van der Waals surface area contributed by atoms with Gasteiger partial charge in [-0.15, -0.1) is 5.92 Å². The Balaban J connectivity index is 3.85. The topological polar surface area (TPSA) is 3.24 Å². The number of unbranched alkanes of at least 4 members (excludes halogenated alkanes) is 18. The first-order valence-electron chi connectivity index (χ1n) is 19.8. The molecule has 0 spiro atoms. The van der Waals surface area contributed by atoms with Gasteiger partial charge in [-0.2, -0.15) is 0 Å². The smallest absolute Gasteiger partial charge is 0.0269 e. The summed E-state index contributed by atoms with van der Waals surface area (Å²) < 4.78 is 0. The second-order valence-electron chi connectivity index (χ2n) is 13.5. The first kappa shape index (κ1) is 42.7. The van der Waals surface area contributed by atoms with Crippen molar-refractivity contribution in [1.82, 2.24) is 4.90 Å². The number of nitrogens with zero attached hydrogens (tertiary/aromatic N) is 1. The Bertz CT molecular complexity index is 689. The molecular formula is C43H79N. The molecule has 256 valence electrons. The van der Waals surface area contributed by atoms with Crippen molar-refractivity contribution >= 4 is 0 Å². The van der Waals surface area contributed by atoms with Crippen molar-refractivity contribution in [3.8, 4) is 11.8 Å². The summed E-state index contributed by atoms with van der Waals surface area (Å²) in [6, 6.07) is 0. The number of allylic oxidation sites excluding steroid dienone is 6. The third-order valence-electron chi connectivity index (χ3n) is 9.16. The van der Waals surface area contributed by atoms with Crippen molar-refractivity contribution < 1.29 is 0 Å². The van der Waals surface area contributed by atoms with Crippen LogP contribution in [-0.4, -0.2) is 25.0 Å². The molecule has 0 rings (SSSR count). The van der Waals surface area contributed by atoms with Gasteiger partial charge in [0.05, 0.1) is 0 Å². The van der Waals surface area contributed by atoms with Crippen molar-refractivity contribution in [1.29, 1.82) is 0 Å². The minimum Gasteiger partial charge on any atom is -0.307 e. The van der Waals surface area contributed by atoms with Crippen LogP contribution in [0.2, 0.25) is 0 Å². The third-order valence-corrected chi connectivity index (χ3v) is 9.16. The lowest BCUT2D eigenvalue weighted by Crippen LogP contribution is -2.19. The molecule has 1 heteroatoms. The average Bonchev–Trinajstić information content (AvgIpc) is 3.03. The lowest BCUT2D eigenvalue weighted by Gasteiger charge is -2.19. The first-order chi connectivity index (χ1) is 21.7. The Morgan fingerprint density at radius 1 is 0.477 bits per heavy atom. The zero-order valence-electron chi connectivity index (χ0n) is 30.7. The van der Waals surface area contributed by atoms with E-state index >= 15 is 0 Å². The van der Waals surface area contributed by atoms with E-state index in [1.807, 2.05) is 0 Å². The number of hydrogen-bond donors (Lipinski definition) is 0. The van der Waals surface area contributed by atoms with Crippen LogP contribution in [-0.2, 0) is 0 Å². The van der Waals surface area contributed by atoms with Crippen LogP contribution in [0.4, 0.5) is 0 Å². The van der Waals surface area contributed by atoms with E-state index < -0.39 is 0 Å². The summed E-state index contributed by atoms with van der Waals surface area (Å²) in [6.45, 7) is 9.26. The van der Waals surface area contributed by atoms with Crippen molar-refractivity contribution in [3.63, 3.8) is 0 Å². The van der Waals surface area contributed by atoms with Gasteiger partial charge in [0.25, 0.3) is 0 Å². The molecule has 0 saturated carbocycles. The van der Waals surface area contributed by atoms with Crippen LogP contribution in [0, 0.1) is 17.8 Å². The quantitative estimate of drug-likeness (QED) is 0.0406. The molecule has 0 aromatic heterocycles. The molecule has 0 radical (unpaired) electrons. The van der Waals surface area contributed by atoms with Crippen LogP contribution in [0.3, 0.4) is 0 Å². The third kappa shape index (κ3) is 35.2. The molecule has 0 bridgehead atoms. The Morgan fingerprint density at radius 3 is 1.52 bits per heavy atom. The van der Waals surface area contributed by atoms with Gasteiger partial charge < -0.3 is 4.90 Å². The standard InChI is InChI=1S/C43H79N/c1-5-8-10-12-14-16-18-20-22-23-25-27-29-31-33-35-37-40-43(41-38-42-44(4)7-3)39-36-34-32-30-28-26-24-21-19-17-15-13-11-9-6-2/h15,17,20-22,24,43H,5-13,18-19,23,25-42H2,1-4H3/b17-15-,22-20-,24-21-. The average molecular weight is 610 g/mol. The molecule has 0 aliphatic carbocycles. The van der Waals surface area contributed by atoms with Crippen molar-refractivity contribution in [2.75, 3.05) is 20.1 Å². The van der Waals surface area contributed by atoms with E-state index in [2.05, 4.69) is 81.0 Å².